The van der Waals surface area contributed by atoms with Crippen molar-refractivity contribution in [2.75, 3.05) is 5.32 Å². The maximum absolute atomic E-state index is 12.5. The van der Waals surface area contributed by atoms with Gasteiger partial charge in [0.15, 0.2) is 0 Å². The number of hydrogen-bond acceptors (Lipinski definition) is 2. The Morgan fingerprint density at radius 2 is 2.13 bits per heavy atom. The predicted molar refractivity (Wildman–Crippen MR) is 92.0 cm³/mol. The molecule has 23 heavy (non-hydrogen) atoms. The average molecular weight is 310 g/mol. The van der Waals surface area contributed by atoms with Crippen molar-refractivity contribution in [3.8, 4) is 0 Å². The predicted octanol–water partition coefficient (Wildman–Crippen LogP) is 3.31. The number of pyridine rings is 1. The first-order chi connectivity index (χ1) is 11.1. The van der Waals surface area contributed by atoms with E-state index in [2.05, 4.69) is 17.2 Å². The van der Waals surface area contributed by atoms with Crippen LogP contribution in [0.1, 0.15) is 47.4 Å². The third kappa shape index (κ3) is 3.21. The number of carbonyl (C=O) groups excluding carboxylic acids is 1. The molecule has 0 radical (unpaired) electrons. The van der Waals surface area contributed by atoms with Crippen molar-refractivity contribution in [2.45, 2.75) is 39.5 Å². The van der Waals surface area contributed by atoms with Crippen molar-refractivity contribution in [1.82, 2.24) is 4.98 Å². The molecule has 1 heterocycles. The number of nitrogens with one attached hydrogen (secondary N) is 2. The molecule has 1 aliphatic rings. The highest BCUT2D eigenvalue weighted by Gasteiger charge is 2.20. The molecule has 0 fully saturated rings. The lowest BCUT2D eigenvalue weighted by atomic mass is 9.87. The minimum absolute atomic E-state index is 0.198. The van der Waals surface area contributed by atoms with Crippen molar-refractivity contribution >= 4 is 11.6 Å². The second-order valence-electron chi connectivity index (χ2n) is 6.33. The number of hydrogen-bond donors (Lipinski definition) is 2. The minimum atomic E-state index is -0.340. The van der Waals surface area contributed by atoms with Gasteiger partial charge in [-0.15, -0.1) is 0 Å². The van der Waals surface area contributed by atoms with Gasteiger partial charge in [-0.1, -0.05) is 32.0 Å². The summed E-state index contributed by atoms with van der Waals surface area (Å²) in [6.07, 6.45) is 3.71. The van der Waals surface area contributed by atoms with Crippen LogP contribution in [-0.2, 0) is 19.3 Å². The zero-order valence-corrected chi connectivity index (χ0v) is 13.6. The highest BCUT2D eigenvalue weighted by Crippen LogP contribution is 2.23. The van der Waals surface area contributed by atoms with Gasteiger partial charge in [0.1, 0.15) is 5.56 Å². The van der Waals surface area contributed by atoms with Crippen LogP contribution in [0.5, 0.6) is 0 Å². The van der Waals surface area contributed by atoms with Crippen molar-refractivity contribution in [3.63, 3.8) is 0 Å². The van der Waals surface area contributed by atoms with Gasteiger partial charge in [0.05, 0.1) is 0 Å². The van der Waals surface area contributed by atoms with Crippen molar-refractivity contribution < 1.29 is 4.79 Å². The van der Waals surface area contributed by atoms with E-state index in [9.17, 15) is 9.59 Å². The van der Waals surface area contributed by atoms with Crippen LogP contribution in [0.25, 0.3) is 0 Å². The topological polar surface area (TPSA) is 62.0 Å². The van der Waals surface area contributed by atoms with Gasteiger partial charge in [-0.3, -0.25) is 9.59 Å². The molecule has 120 valence electrons. The molecule has 0 aliphatic heterocycles. The van der Waals surface area contributed by atoms with Gasteiger partial charge in [0.25, 0.3) is 11.5 Å². The summed E-state index contributed by atoms with van der Waals surface area (Å²) >= 11 is 0. The van der Waals surface area contributed by atoms with Gasteiger partial charge in [0, 0.05) is 11.4 Å². The molecule has 4 heteroatoms. The smallest absolute Gasteiger partial charge is 0.261 e. The van der Waals surface area contributed by atoms with Crippen molar-refractivity contribution in [1.29, 1.82) is 0 Å². The summed E-state index contributed by atoms with van der Waals surface area (Å²) in [5.74, 6) is 0.248. The molecule has 0 spiro atoms. The molecule has 1 aromatic heterocycles. The number of anilines is 1. The summed E-state index contributed by atoms with van der Waals surface area (Å²) in [4.78, 5) is 27.7. The van der Waals surface area contributed by atoms with Crippen molar-refractivity contribution in [3.05, 3.63) is 63.1 Å². The fraction of sp³-hybridized carbons (Fsp3) is 0.368. The molecule has 4 nitrogen and oxygen atoms in total. The summed E-state index contributed by atoms with van der Waals surface area (Å²) in [5.41, 5.74) is 3.80. The molecule has 2 aromatic rings. The van der Waals surface area contributed by atoms with Crippen LogP contribution in [0.3, 0.4) is 0 Å². The van der Waals surface area contributed by atoms with E-state index in [0.717, 1.165) is 48.2 Å². The number of carbonyl (C=O) groups is 1. The summed E-state index contributed by atoms with van der Waals surface area (Å²) in [6, 6.07) is 9.45. The SMILES string of the molecule is CCc1ccccc1NC(=O)c1cc2c([nH]c1=O)CCC(C)C2. The van der Waals surface area contributed by atoms with Gasteiger partial charge in [-0.2, -0.15) is 0 Å². The van der Waals surface area contributed by atoms with Gasteiger partial charge < -0.3 is 10.3 Å². The first-order valence-electron chi connectivity index (χ1n) is 8.22. The van der Waals surface area contributed by atoms with E-state index in [1.54, 1.807) is 6.07 Å². The van der Waals surface area contributed by atoms with Crippen LogP contribution < -0.4 is 10.9 Å². The molecule has 1 amide bonds. The number of amides is 1. The van der Waals surface area contributed by atoms with Crippen LogP contribution >= 0.6 is 0 Å². The molecule has 3 rings (SSSR count). The Labute approximate surface area is 135 Å². The highest BCUT2D eigenvalue weighted by atomic mass is 16.2. The number of H-pyrrole nitrogens is 1. The summed E-state index contributed by atoms with van der Waals surface area (Å²) < 4.78 is 0. The number of para-hydroxylation sites is 1. The molecule has 0 saturated heterocycles. The normalized spacial score (nSPS) is 16.7. The number of aromatic nitrogens is 1. The Hall–Kier alpha value is -2.36. The fourth-order valence-corrected chi connectivity index (χ4v) is 3.19. The number of aryl methyl sites for hydroxylation is 2. The third-order valence-electron chi connectivity index (χ3n) is 4.56. The van der Waals surface area contributed by atoms with Crippen molar-refractivity contribution in [2.24, 2.45) is 5.92 Å². The molecule has 1 aliphatic carbocycles. The van der Waals surface area contributed by atoms with E-state index in [4.69, 9.17) is 0 Å². The van der Waals surface area contributed by atoms with E-state index in [1.165, 1.54) is 0 Å². The lowest BCUT2D eigenvalue weighted by Gasteiger charge is -2.21. The lowest BCUT2D eigenvalue weighted by Crippen LogP contribution is -2.27. The second kappa shape index (κ2) is 6.41. The molecule has 2 N–H and O–H groups in total. The maximum atomic E-state index is 12.5. The minimum Gasteiger partial charge on any atom is -0.325 e. The summed E-state index contributed by atoms with van der Waals surface area (Å²) in [7, 11) is 0. The molecule has 1 aromatic carbocycles. The Balaban J connectivity index is 1.91. The molecule has 0 bridgehead atoms. The van der Waals surface area contributed by atoms with Gasteiger partial charge in [-0.25, -0.2) is 0 Å². The van der Waals surface area contributed by atoms with Crippen LogP contribution in [-0.4, -0.2) is 10.9 Å². The molecular formula is C19H22N2O2. The zero-order valence-electron chi connectivity index (χ0n) is 13.6. The van der Waals surface area contributed by atoms with Crippen LogP contribution in [0.15, 0.2) is 35.1 Å². The first kappa shape index (κ1) is 15.5. The van der Waals surface area contributed by atoms with Gasteiger partial charge in [-0.05, 0) is 54.9 Å². The van der Waals surface area contributed by atoms with Crippen LogP contribution in [0, 0.1) is 5.92 Å². The standard InChI is InChI=1S/C19H22N2O2/c1-3-13-6-4-5-7-16(13)20-18(22)15-11-14-10-12(2)8-9-17(14)21-19(15)23/h4-7,11-12H,3,8-10H2,1-2H3,(H,20,22)(H,21,23). The second-order valence-corrected chi connectivity index (χ2v) is 6.33. The van der Waals surface area contributed by atoms with E-state index >= 15 is 0 Å². The monoisotopic (exact) mass is 310 g/mol. The number of fused-ring (bicyclic) bond motifs is 1. The third-order valence-corrected chi connectivity index (χ3v) is 4.56. The van der Waals surface area contributed by atoms with Gasteiger partial charge in [0.2, 0.25) is 0 Å². The Morgan fingerprint density at radius 1 is 1.35 bits per heavy atom. The van der Waals surface area contributed by atoms with Crippen LogP contribution in [0.2, 0.25) is 0 Å². The van der Waals surface area contributed by atoms with E-state index in [0.29, 0.717) is 5.92 Å². The Morgan fingerprint density at radius 3 is 2.91 bits per heavy atom. The van der Waals surface area contributed by atoms with E-state index < -0.39 is 0 Å². The van der Waals surface area contributed by atoms with E-state index in [-0.39, 0.29) is 17.0 Å². The van der Waals surface area contributed by atoms with Crippen LogP contribution in [0.4, 0.5) is 5.69 Å². The summed E-state index contributed by atoms with van der Waals surface area (Å²) in [5, 5.41) is 2.88. The zero-order chi connectivity index (χ0) is 16.4. The van der Waals surface area contributed by atoms with Gasteiger partial charge >= 0.3 is 0 Å². The molecule has 1 atom stereocenters. The Kier molecular flexibility index (Phi) is 4.33. The Bertz CT molecular complexity index is 792. The number of benzene rings is 1. The largest absolute Gasteiger partial charge is 0.325 e. The molecular weight excluding hydrogens is 288 g/mol. The summed E-state index contributed by atoms with van der Waals surface area (Å²) in [6.45, 7) is 4.24. The molecule has 0 saturated carbocycles. The number of rotatable bonds is 3. The first-order valence-corrected chi connectivity index (χ1v) is 8.22. The maximum Gasteiger partial charge on any atom is 0.261 e. The lowest BCUT2D eigenvalue weighted by molar-refractivity contribution is 0.102. The average Bonchev–Trinajstić information content (AvgIpc) is 2.55. The fourth-order valence-electron chi connectivity index (χ4n) is 3.19. The number of aromatic amines is 1. The van der Waals surface area contributed by atoms with E-state index in [1.807, 2.05) is 31.2 Å². The molecule has 1 unspecified atom stereocenters. The quantitative estimate of drug-likeness (QED) is 0.913. The highest BCUT2D eigenvalue weighted by molar-refractivity contribution is 6.04.